The number of rotatable bonds is 8. The summed E-state index contributed by atoms with van der Waals surface area (Å²) < 4.78 is 0. The maximum atomic E-state index is 3.46. The molecule has 0 aromatic rings. The minimum Gasteiger partial charge on any atom is -0.369 e. The molecule has 1 atom stereocenters. The van der Waals surface area contributed by atoms with Gasteiger partial charge >= 0.3 is 0 Å². The summed E-state index contributed by atoms with van der Waals surface area (Å²) in [5, 5.41) is 6.77. The quantitative estimate of drug-likeness (QED) is 0.587. The molecule has 0 saturated carbocycles. The first-order chi connectivity index (χ1) is 12.2. The number of hydrogen-bond acceptors (Lipinski definition) is 3. The Morgan fingerprint density at radius 1 is 1.08 bits per heavy atom. The Balaban J connectivity index is 0. The second kappa shape index (κ2) is 18.0. The molecule has 0 aliphatic carbocycles. The molecule has 0 spiro atoms. The lowest BCUT2D eigenvalue weighted by Crippen LogP contribution is -2.43. The predicted molar refractivity (Wildman–Crippen MR) is 116 cm³/mol. The van der Waals surface area contributed by atoms with E-state index in [1.807, 2.05) is 34.7 Å². The van der Waals surface area contributed by atoms with Crippen molar-refractivity contribution >= 4 is 0 Å². The molecule has 2 N–H and O–H groups in total. The van der Waals surface area contributed by atoms with E-state index in [0.717, 1.165) is 32.7 Å². The summed E-state index contributed by atoms with van der Waals surface area (Å²) in [4.78, 5) is 2.57. The van der Waals surface area contributed by atoms with Crippen LogP contribution < -0.4 is 10.6 Å². The van der Waals surface area contributed by atoms with Crippen LogP contribution in [0, 0.1) is 5.92 Å². The minimum atomic E-state index is 0.677. The monoisotopic (exact) mass is 353 g/mol. The summed E-state index contributed by atoms with van der Waals surface area (Å²) in [5.41, 5.74) is 4.72. The molecular formula is C22H47N3. The fourth-order valence-electron chi connectivity index (χ4n) is 3.33. The van der Waals surface area contributed by atoms with Crippen LogP contribution in [0.5, 0.6) is 0 Å². The first-order valence-electron chi connectivity index (χ1n) is 10.7. The summed E-state index contributed by atoms with van der Waals surface area (Å²) in [7, 11) is 2.05. The van der Waals surface area contributed by atoms with Crippen LogP contribution in [0.3, 0.4) is 0 Å². The van der Waals surface area contributed by atoms with Gasteiger partial charge in [0.15, 0.2) is 0 Å². The van der Waals surface area contributed by atoms with Gasteiger partial charge in [-0.3, -0.25) is 0 Å². The molecule has 1 aliphatic rings. The topological polar surface area (TPSA) is 27.3 Å². The molecule has 3 nitrogen and oxygen atoms in total. The second-order valence-electron chi connectivity index (χ2n) is 6.07. The molecule has 0 aromatic heterocycles. The molecule has 1 fully saturated rings. The van der Waals surface area contributed by atoms with Crippen LogP contribution in [0.15, 0.2) is 22.9 Å². The van der Waals surface area contributed by atoms with E-state index in [-0.39, 0.29) is 0 Å². The zero-order valence-corrected chi connectivity index (χ0v) is 18.8. The van der Waals surface area contributed by atoms with E-state index in [4.69, 9.17) is 0 Å². The number of nitrogens with one attached hydrogen (secondary N) is 2. The molecular weight excluding hydrogens is 306 g/mol. The van der Waals surface area contributed by atoms with Crippen molar-refractivity contribution in [2.24, 2.45) is 5.92 Å². The SMILES string of the molecule is C/C=C(\C(CC(C)CNC)=C(CC)CC)N1CCNCC1.CC.CC. The van der Waals surface area contributed by atoms with Crippen molar-refractivity contribution in [3.8, 4) is 0 Å². The van der Waals surface area contributed by atoms with Crippen LogP contribution in [-0.2, 0) is 0 Å². The first kappa shape index (κ1) is 26.4. The standard InChI is InChI=1S/C18H35N3.2C2H6/c1-6-16(7-2)17(13-15(4)14-19-5)18(8-3)21-11-9-20-10-12-21;2*1-2/h8,15,19-20H,6-7,9-14H2,1-5H3;2*1-2H3/b18-8+;;. The molecule has 1 saturated heterocycles. The summed E-state index contributed by atoms with van der Waals surface area (Å²) in [5.74, 6) is 0.677. The first-order valence-corrected chi connectivity index (χ1v) is 10.7. The zero-order chi connectivity index (χ0) is 19.7. The summed E-state index contributed by atoms with van der Waals surface area (Å²) in [6, 6.07) is 0. The van der Waals surface area contributed by atoms with E-state index >= 15 is 0 Å². The van der Waals surface area contributed by atoms with Crippen molar-refractivity contribution < 1.29 is 0 Å². The molecule has 0 radical (unpaired) electrons. The van der Waals surface area contributed by atoms with Crippen LogP contribution in [-0.4, -0.2) is 44.7 Å². The van der Waals surface area contributed by atoms with Crippen molar-refractivity contribution in [3.63, 3.8) is 0 Å². The van der Waals surface area contributed by atoms with E-state index in [1.165, 1.54) is 25.0 Å². The van der Waals surface area contributed by atoms with Crippen molar-refractivity contribution in [1.82, 2.24) is 15.5 Å². The molecule has 1 rings (SSSR count). The lowest BCUT2D eigenvalue weighted by Gasteiger charge is -2.34. The highest BCUT2D eigenvalue weighted by Crippen LogP contribution is 2.29. The van der Waals surface area contributed by atoms with Gasteiger partial charge in [-0.05, 0) is 51.3 Å². The van der Waals surface area contributed by atoms with Gasteiger partial charge in [-0.2, -0.15) is 0 Å². The fraction of sp³-hybridized carbons (Fsp3) is 0.818. The Morgan fingerprint density at radius 2 is 1.60 bits per heavy atom. The highest BCUT2D eigenvalue weighted by Gasteiger charge is 2.19. The van der Waals surface area contributed by atoms with Crippen molar-refractivity contribution in [1.29, 1.82) is 0 Å². The third kappa shape index (κ3) is 10.1. The number of nitrogens with zero attached hydrogens (tertiary/aromatic N) is 1. The van der Waals surface area contributed by atoms with E-state index < -0.39 is 0 Å². The predicted octanol–water partition coefficient (Wildman–Crippen LogP) is 5.21. The van der Waals surface area contributed by atoms with Crippen molar-refractivity contribution in [3.05, 3.63) is 22.9 Å². The third-order valence-electron chi connectivity index (χ3n) is 4.43. The van der Waals surface area contributed by atoms with Crippen LogP contribution >= 0.6 is 0 Å². The largest absolute Gasteiger partial charge is 0.369 e. The molecule has 0 aromatic carbocycles. The third-order valence-corrected chi connectivity index (χ3v) is 4.43. The maximum Gasteiger partial charge on any atom is 0.0355 e. The van der Waals surface area contributed by atoms with Gasteiger partial charge in [0.1, 0.15) is 0 Å². The molecule has 3 heteroatoms. The molecule has 150 valence electrons. The normalized spacial score (nSPS) is 15.4. The van der Waals surface area contributed by atoms with Crippen LogP contribution in [0.25, 0.3) is 0 Å². The average Bonchev–Trinajstić information content (AvgIpc) is 2.67. The summed E-state index contributed by atoms with van der Waals surface area (Å²) >= 11 is 0. The van der Waals surface area contributed by atoms with Crippen LogP contribution in [0.4, 0.5) is 0 Å². The lowest BCUT2D eigenvalue weighted by atomic mass is 9.91. The number of piperazine rings is 1. The maximum absolute atomic E-state index is 3.46. The van der Waals surface area contributed by atoms with Gasteiger partial charge in [-0.15, -0.1) is 0 Å². The molecule has 0 amide bonds. The Bertz CT molecular complexity index is 346. The molecule has 1 heterocycles. The highest BCUT2D eigenvalue weighted by molar-refractivity contribution is 5.35. The molecule has 25 heavy (non-hydrogen) atoms. The smallest absolute Gasteiger partial charge is 0.0355 e. The van der Waals surface area contributed by atoms with Crippen molar-refractivity contribution in [2.75, 3.05) is 39.8 Å². The Morgan fingerprint density at radius 3 is 2.00 bits per heavy atom. The zero-order valence-electron chi connectivity index (χ0n) is 18.8. The average molecular weight is 354 g/mol. The number of hydrogen-bond donors (Lipinski definition) is 2. The van der Waals surface area contributed by atoms with Gasteiger partial charge in [-0.25, -0.2) is 0 Å². The van der Waals surface area contributed by atoms with Crippen molar-refractivity contribution in [2.45, 2.75) is 74.7 Å². The van der Waals surface area contributed by atoms with Crippen LogP contribution in [0.2, 0.25) is 0 Å². The fourth-order valence-corrected chi connectivity index (χ4v) is 3.33. The van der Waals surface area contributed by atoms with Gasteiger partial charge in [0.25, 0.3) is 0 Å². The van der Waals surface area contributed by atoms with Gasteiger partial charge in [0.05, 0.1) is 0 Å². The Kier molecular flexibility index (Phi) is 19.0. The second-order valence-corrected chi connectivity index (χ2v) is 6.07. The van der Waals surface area contributed by atoms with Gasteiger partial charge in [-0.1, -0.05) is 60.1 Å². The van der Waals surface area contributed by atoms with Gasteiger partial charge in [0.2, 0.25) is 0 Å². The summed E-state index contributed by atoms with van der Waals surface area (Å²) in [6.45, 7) is 22.7. The highest BCUT2D eigenvalue weighted by atomic mass is 15.2. The van der Waals surface area contributed by atoms with Gasteiger partial charge in [0, 0.05) is 31.9 Å². The summed E-state index contributed by atoms with van der Waals surface area (Å²) in [6.07, 6.45) is 5.85. The molecule has 1 aliphatic heterocycles. The van der Waals surface area contributed by atoms with E-state index in [9.17, 15) is 0 Å². The van der Waals surface area contributed by atoms with E-state index in [0.29, 0.717) is 5.92 Å². The van der Waals surface area contributed by atoms with E-state index in [2.05, 4.69) is 49.3 Å². The lowest BCUT2D eigenvalue weighted by molar-refractivity contribution is 0.299. The Hall–Kier alpha value is -0.800. The molecule has 0 bridgehead atoms. The van der Waals surface area contributed by atoms with E-state index in [1.54, 1.807) is 11.1 Å². The molecule has 1 unspecified atom stereocenters. The Labute approximate surface area is 159 Å². The minimum absolute atomic E-state index is 0.677. The van der Waals surface area contributed by atoms with Gasteiger partial charge < -0.3 is 15.5 Å². The number of allylic oxidation sites excluding steroid dienone is 3. The van der Waals surface area contributed by atoms with Crippen LogP contribution in [0.1, 0.15) is 74.7 Å².